The molecule has 0 saturated carbocycles. The van der Waals surface area contributed by atoms with Crippen LogP contribution in [0, 0.1) is 0 Å². The molecule has 182 valence electrons. The maximum atomic E-state index is 12.4. The molecule has 1 atom stereocenters. The number of hydrogen-bond donors (Lipinski definition) is 0. The number of carbonyl (C=O) groups excluding carboxylic acids is 1. The van der Waals surface area contributed by atoms with Gasteiger partial charge in [0, 0.05) is 0 Å². The molecule has 0 aliphatic rings. The van der Waals surface area contributed by atoms with Crippen LogP contribution in [-0.4, -0.2) is 31.6 Å². The van der Waals surface area contributed by atoms with Gasteiger partial charge in [-0.1, -0.05) is 0 Å². The predicted octanol–water partition coefficient (Wildman–Crippen LogP) is 8.48. The Morgan fingerprint density at radius 2 is 1.36 bits per heavy atom. The molecule has 0 bridgehead atoms. The summed E-state index contributed by atoms with van der Waals surface area (Å²) in [5, 5.41) is 0. The van der Waals surface area contributed by atoms with Gasteiger partial charge in [0.1, 0.15) is 0 Å². The van der Waals surface area contributed by atoms with Crippen molar-refractivity contribution in [1.82, 2.24) is 0 Å². The molecule has 0 aliphatic heterocycles. The summed E-state index contributed by atoms with van der Waals surface area (Å²) in [6.07, 6.45) is 6.60. The molecule has 2 aromatic carbocycles. The van der Waals surface area contributed by atoms with E-state index in [1.807, 2.05) is 30.3 Å². The number of unbranched alkanes of at least 4 members (excludes halogenated alkanes) is 3. The minimum absolute atomic E-state index is 0.125. The van der Waals surface area contributed by atoms with Crippen LogP contribution in [0.5, 0.6) is 5.75 Å². The van der Waals surface area contributed by atoms with Crippen molar-refractivity contribution in [2.24, 2.45) is 0 Å². The molecule has 0 N–H and O–H groups in total. The fourth-order valence-corrected chi connectivity index (χ4v) is 21.5. The van der Waals surface area contributed by atoms with E-state index in [9.17, 15) is 4.79 Å². The van der Waals surface area contributed by atoms with Gasteiger partial charge in [0.2, 0.25) is 0 Å². The molecular weight excluding hydrogens is 519 g/mol. The van der Waals surface area contributed by atoms with E-state index in [2.05, 4.69) is 45.0 Å². The van der Waals surface area contributed by atoms with Crippen LogP contribution in [0.4, 0.5) is 4.79 Å². The van der Waals surface area contributed by atoms with Crippen LogP contribution in [-0.2, 0) is 16.1 Å². The Balaban J connectivity index is 2.32. The van der Waals surface area contributed by atoms with E-state index < -0.39 is 24.5 Å². The van der Waals surface area contributed by atoms with Gasteiger partial charge in [-0.05, 0) is 0 Å². The molecule has 4 nitrogen and oxygen atoms in total. The first-order chi connectivity index (χ1) is 16.1. The molecule has 33 heavy (non-hydrogen) atoms. The van der Waals surface area contributed by atoms with Crippen molar-refractivity contribution in [2.45, 2.75) is 83.3 Å². The van der Waals surface area contributed by atoms with Crippen molar-refractivity contribution in [3.8, 4) is 5.75 Å². The molecule has 2 rings (SSSR count). The van der Waals surface area contributed by atoms with Gasteiger partial charge < -0.3 is 0 Å². The molecular formula is C28H42O4Sn. The summed E-state index contributed by atoms with van der Waals surface area (Å²) >= 11 is -2.92. The molecule has 2 aromatic rings. The second-order valence-corrected chi connectivity index (χ2v) is 22.5. The Labute approximate surface area is 204 Å². The summed E-state index contributed by atoms with van der Waals surface area (Å²) in [5.74, 6) is 0.830. The Morgan fingerprint density at radius 1 is 0.818 bits per heavy atom. The fraction of sp³-hybridized carbons (Fsp3) is 0.536. The van der Waals surface area contributed by atoms with Gasteiger partial charge in [0.25, 0.3) is 0 Å². The van der Waals surface area contributed by atoms with E-state index >= 15 is 0 Å². The van der Waals surface area contributed by atoms with Crippen molar-refractivity contribution in [3.05, 3.63) is 65.7 Å². The van der Waals surface area contributed by atoms with E-state index in [0.717, 1.165) is 16.9 Å². The van der Waals surface area contributed by atoms with Gasteiger partial charge in [-0.2, -0.15) is 0 Å². The molecule has 0 saturated heterocycles. The quantitative estimate of drug-likeness (QED) is 0.162. The Morgan fingerprint density at radius 3 is 1.85 bits per heavy atom. The Bertz CT molecular complexity index is 770. The number of methoxy groups -OCH3 is 1. The summed E-state index contributed by atoms with van der Waals surface area (Å²) < 4.78 is 20.7. The normalized spacial score (nSPS) is 12.2. The van der Waals surface area contributed by atoms with Crippen LogP contribution in [0.1, 0.15) is 74.5 Å². The number of benzene rings is 2. The Hall–Kier alpha value is -1.69. The first-order valence-corrected chi connectivity index (χ1v) is 20.3. The van der Waals surface area contributed by atoms with Crippen molar-refractivity contribution in [1.29, 1.82) is 0 Å². The van der Waals surface area contributed by atoms with Crippen LogP contribution in [0.2, 0.25) is 13.3 Å². The average Bonchev–Trinajstić information content (AvgIpc) is 2.87. The summed E-state index contributed by atoms with van der Waals surface area (Å²) in [6.45, 7) is 7.30. The number of ether oxygens (including phenoxy) is 3. The molecule has 0 spiro atoms. The molecule has 0 amide bonds. The molecule has 0 aliphatic carbocycles. The van der Waals surface area contributed by atoms with Gasteiger partial charge in [-0.3, -0.25) is 0 Å². The zero-order chi connectivity index (χ0) is 23.9. The van der Waals surface area contributed by atoms with Crippen LogP contribution in [0.25, 0.3) is 0 Å². The van der Waals surface area contributed by atoms with Gasteiger partial charge in [0.15, 0.2) is 0 Å². The van der Waals surface area contributed by atoms with Crippen molar-refractivity contribution < 1.29 is 19.0 Å². The molecule has 0 aromatic heterocycles. The van der Waals surface area contributed by atoms with Crippen LogP contribution in [0.3, 0.4) is 0 Å². The van der Waals surface area contributed by atoms with Crippen LogP contribution >= 0.6 is 0 Å². The third-order valence-electron chi connectivity index (χ3n) is 6.45. The maximum absolute atomic E-state index is 12.4. The van der Waals surface area contributed by atoms with Gasteiger partial charge in [-0.15, -0.1) is 0 Å². The van der Waals surface area contributed by atoms with Crippen molar-refractivity contribution in [3.63, 3.8) is 0 Å². The van der Waals surface area contributed by atoms with E-state index in [4.69, 9.17) is 14.2 Å². The summed E-state index contributed by atoms with van der Waals surface area (Å²) in [4.78, 5) is 12.4. The number of carbonyl (C=O) groups is 1. The zero-order valence-electron chi connectivity index (χ0n) is 21.0. The molecule has 1 unspecified atom stereocenters. The van der Waals surface area contributed by atoms with Crippen molar-refractivity contribution in [2.75, 3.05) is 7.11 Å². The monoisotopic (exact) mass is 562 g/mol. The molecule has 0 fully saturated rings. The second-order valence-electron chi connectivity index (χ2n) is 8.97. The summed E-state index contributed by atoms with van der Waals surface area (Å²) in [6, 6.07) is 18.4. The predicted molar refractivity (Wildman–Crippen MR) is 138 cm³/mol. The fourth-order valence-electron chi connectivity index (χ4n) is 4.53. The first kappa shape index (κ1) is 27.6. The topological polar surface area (TPSA) is 44.8 Å². The van der Waals surface area contributed by atoms with E-state index in [0.29, 0.717) is 6.61 Å². The number of hydrogen-bond acceptors (Lipinski definition) is 4. The van der Waals surface area contributed by atoms with E-state index in [-0.39, 0.29) is 4.12 Å². The summed E-state index contributed by atoms with van der Waals surface area (Å²) in [5.41, 5.74) is 2.24. The summed E-state index contributed by atoms with van der Waals surface area (Å²) in [7, 11) is 1.40. The minimum atomic E-state index is -2.92. The van der Waals surface area contributed by atoms with Gasteiger partial charge >= 0.3 is 205 Å². The standard InChI is InChI=1S/C16H15O4.3C4H9.Sn/c1-18-16(17)20-12-14-7-9-15(10-8-14)19-11-13-5-3-2-4-6-13;3*1-3-4-2;/h2-10,12H,11H2,1H3;3*1,3-4H2,2H3;. The zero-order valence-corrected chi connectivity index (χ0v) is 23.8. The van der Waals surface area contributed by atoms with E-state index in [1.54, 1.807) is 0 Å². The third-order valence-corrected chi connectivity index (χ3v) is 22.5. The van der Waals surface area contributed by atoms with Crippen LogP contribution in [0.15, 0.2) is 54.6 Å². The Kier molecular flexibility index (Phi) is 12.7. The van der Waals surface area contributed by atoms with Crippen molar-refractivity contribution >= 4 is 24.5 Å². The van der Waals surface area contributed by atoms with Gasteiger partial charge in [0.05, 0.1) is 0 Å². The van der Waals surface area contributed by atoms with Crippen LogP contribution < -0.4 is 4.74 Å². The van der Waals surface area contributed by atoms with Gasteiger partial charge in [-0.25, -0.2) is 0 Å². The SMILES string of the molecule is CCC[CH2][Sn]([CH2]CCC)([CH2]CCC)[CH](OC(=O)OC)c1ccc(OCc2ccccc2)cc1. The number of rotatable bonds is 15. The molecule has 0 heterocycles. The van der Waals surface area contributed by atoms with E-state index in [1.165, 1.54) is 58.9 Å². The molecule has 5 heteroatoms. The average molecular weight is 561 g/mol. The second kappa shape index (κ2) is 15.3. The third kappa shape index (κ3) is 8.88. The first-order valence-electron chi connectivity index (χ1n) is 12.6. The molecule has 0 radical (unpaired) electrons.